The number of para-hydroxylation sites is 1. The van der Waals surface area contributed by atoms with Crippen molar-refractivity contribution in [2.24, 2.45) is 17.4 Å². The topological polar surface area (TPSA) is 230 Å². The SMILES string of the molecule is CCC(C)C(NC(=O)C(CC(=O)O)NC(=O)C(N)Cc1c[nH]c2ccccc12)C(=O)NC(CCCCN)C(=O)O. The first-order chi connectivity index (χ1) is 19.0. The number of aliphatic carboxylic acids is 2. The number of aromatic nitrogens is 1. The molecule has 1 aromatic carbocycles. The Kier molecular flexibility index (Phi) is 12.6. The molecule has 0 aliphatic rings. The molecule has 0 aliphatic carbocycles. The molecule has 3 amide bonds. The van der Waals surface area contributed by atoms with Crippen LogP contribution in [0.25, 0.3) is 10.9 Å². The van der Waals surface area contributed by atoms with Gasteiger partial charge in [-0.05, 0) is 49.8 Å². The molecule has 13 nitrogen and oxygen atoms in total. The lowest BCUT2D eigenvalue weighted by atomic mass is 9.96. The van der Waals surface area contributed by atoms with Gasteiger partial charge in [0.2, 0.25) is 17.7 Å². The van der Waals surface area contributed by atoms with Gasteiger partial charge in [-0.3, -0.25) is 19.2 Å². The van der Waals surface area contributed by atoms with E-state index in [0.29, 0.717) is 25.8 Å². The normalized spacial score (nSPS) is 14.9. The van der Waals surface area contributed by atoms with Crippen molar-refractivity contribution in [2.45, 2.75) is 76.5 Å². The molecular formula is C27H40N6O7. The number of fused-ring (bicyclic) bond motifs is 1. The molecule has 1 heterocycles. The Morgan fingerprint density at radius 2 is 1.62 bits per heavy atom. The van der Waals surface area contributed by atoms with Crippen molar-refractivity contribution in [1.82, 2.24) is 20.9 Å². The lowest BCUT2D eigenvalue weighted by Crippen LogP contribution is -2.59. The summed E-state index contributed by atoms with van der Waals surface area (Å²) in [5, 5.41) is 27.1. The summed E-state index contributed by atoms with van der Waals surface area (Å²) in [6.07, 6.45) is 2.80. The highest BCUT2D eigenvalue weighted by Gasteiger charge is 2.33. The number of aromatic amines is 1. The summed E-state index contributed by atoms with van der Waals surface area (Å²) in [6, 6.07) is 2.52. The number of carbonyl (C=O) groups excluding carboxylic acids is 3. The predicted octanol–water partition coefficient (Wildman–Crippen LogP) is 0.227. The Labute approximate surface area is 232 Å². The maximum atomic E-state index is 13.1. The third-order valence-corrected chi connectivity index (χ3v) is 6.82. The Morgan fingerprint density at radius 1 is 0.950 bits per heavy atom. The molecule has 220 valence electrons. The molecule has 0 bridgehead atoms. The van der Waals surface area contributed by atoms with E-state index >= 15 is 0 Å². The van der Waals surface area contributed by atoms with E-state index < -0.39 is 66.2 Å². The fraction of sp³-hybridized carbons (Fsp3) is 0.519. The minimum atomic E-state index is -1.52. The highest BCUT2D eigenvalue weighted by atomic mass is 16.4. The molecule has 0 fully saturated rings. The second kappa shape index (κ2) is 15.6. The van der Waals surface area contributed by atoms with Crippen molar-refractivity contribution < 1.29 is 34.2 Å². The van der Waals surface area contributed by atoms with Crippen LogP contribution in [0.2, 0.25) is 0 Å². The summed E-state index contributed by atoms with van der Waals surface area (Å²) in [6.45, 7) is 3.86. The van der Waals surface area contributed by atoms with Crippen molar-refractivity contribution in [1.29, 1.82) is 0 Å². The molecule has 0 saturated heterocycles. The van der Waals surface area contributed by atoms with Crippen molar-refractivity contribution in [3.8, 4) is 0 Å². The molecule has 5 atom stereocenters. The maximum Gasteiger partial charge on any atom is 0.326 e. The highest BCUT2D eigenvalue weighted by molar-refractivity contribution is 5.96. The number of nitrogens with one attached hydrogen (secondary N) is 4. The van der Waals surface area contributed by atoms with Crippen LogP contribution in [-0.2, 0) is 30.4 Å². The van der Waals surface area contributed by atoms with Crippen LogP contribution in [0.3, 0.4) is 0 Å². The van der Waals surface area contributed by atoms with Gasteiger partial charge in [-0.15, -0.1) is 0 Å². The lowest BCUT2D eigenvalue weighted by molar-refractivity contribution is -0.143. The van der Waals surface area contributed by atoms with E-state index in [1.165, 1.54) is 0 Å². The van der Waals surface area contributed by atoms with Gasteiger partial charge < -0.3 is 42.6 Å². The average Bonchev–Trinajstić information content (AvgIpc) is 3.32. The van der Waals surface area contributed by atoms with Gasteiger partial charge in [0, 0.05) is 17.1 Å². The van der Waals surface area contributed by atoms with Crippen LogP contribution in [0.15, 0.2) is 30.5 Å². The van der Waals surface area contributed by atoms with E-state index in [1.807, 2.05) is 24.3 Å². The first kappa shape index (κ1) is 32.2. The van der Waals surface area contributed by atoms with E-state index in [2.05, 4.69) is 20.9 Å². The van der Waals surface area contributed by atoms with E-state index in [-0.39, 0.29) is 12.8 Å². The molecule has 2 aromatic rings. The lowest BCUT2D eigenvalue weighted by Gasteiger charge is -2.27. The summed E-state index contributed by atoms with van der Waals surface area (Å²) < 4.78 is 0. The first-order valence-electron chi connectivity index (χ1n) is 13.3. The fourth-order valence-electron chi connectivity index (χ4n) is 4.26. The third kappa shape index (κ3) is 9.35. The van der Waals surface area contributed by atoms with Crippen molar-refractivity contribution >= 4 is 40.6 Å². The van der Waals surface area contributed by atoms with Crippen LogP contribution in [-0.4, -0.2) is 75.6 Å². The summed E-state index contributed by atoms with van der Waals surface area (Å²) in [7, 11) is 0. The number of carboxylic acids is 2. The van der Waals surface area contributed by atoms with Crippen LogP contribution in [0, 0.1) is 5.92 Å². The number of H-pyrrole nitrogens is 1. The second-order valence-corrected chi connectivity index (χ2v) is 9.88. The maximum absolute atomic E-state index is 13.1. The van der Waals surface area contributed by atoms with Crippen molar-refractivity contribution in [3.05, 3.63) is 36.0 Å². The van der Waals surface area contributed by atoms with Gasteiger partial charge in [0.15, 0.2) is 0 Å². The number of benzene rings is 1. The van der Waals surface area contributed by atoms with E-state index in [1.54, 1.807) is 20.0 Å². The van der Waals surface area contributed by atoms with Crippen LogP contribution in [0.1, 0.15) is 51.5 Å². The molecule has 0 aliphatic heterocycles. The van der Waals surface area contributed by atoms with E-state index in [9.17, 15) is 34.2 Å². The predicted molar refractivity (Wildman–Crippen MR) is 148 cm³/mol. The van der Waals surface area contributed by atoms with Gasteiger partial charge >= 0.3 is 11.9 Å². The van der Waals surface area contributed by atoms with Gasteiger partial charge in [0.25, 0.3) is 0 Å². The first-order valence-corrected chi connectivity index (χ1v) is 13.3. The van der Waals surface area contributed by atoms with Crippen LogP contribution < -0.4 is 27.4 Å². The van der Waals surface area contributed by atoms with Crippen LogP contribution in [0.5, 0.6) is 0 Å². The molecule has 1 aromatic heterocycles. The number of unbranched alkanes of at least 4 members (excludes halogenated alkanes) is 1. The Hall–Kier alpha value is -3.97. The Morgan fingerprint density at radius 3 is 2.25 bits per heavy atom. The smallest absolute Gasteiger partial charge is 0.326 e. The van der Waals surface area contributed by atoms with Gasteiger partial charge in [-0.25, -0.2) is 4.79 Å². The minimum absolute atomic E-state index is 0.135. The summed E-state index contributed by atoms with van der Waals surface area (Å²) in [5.41, 5.74) is 13.2. The summed E-state index contributed by atoms with van der Waals surface area (Å²) in [5.74, 6) is -5.35. The minimum Gasteiger partial charge on any atom is -0.481 e. The number of carboxylic acid groups (broad SMARTS) is 2. The molecule has 2 rings (SSSR count). The molecule has 0 radical (unpaired) electrons. The van der Waals surface area contributed by atoms with Crippen LogP contribution in [0.4, 0.5) is 0 Å². The van der Waals surface area contributed by atoms with Crippen molar-refractivity contribution in [3.63, 3.8) is 0 Å². The average molecular weight is 561 g/mol. The van der Waals surface area contributed by atoms with Crippen molar-refractivity contribution in [2.75, 3.05) is 6.54 Å². The number of rotatable bonds is 17. The summed E-state index contributed by atoms with van der Waals surface area (Å²) >= 11 is 0. The van der Waals surface area contributed by atoms with Gasteiger partial charge in [0.1, 0.15) is 18.1 Å². The molecular weight excluding hydrogens is 520 g/mol. The number of hydrogen-bond acceptors (Lipinski definition) is 7. The third-order valence-electron chi connectivity index (χ3n) is 6.82. The zero-order valence-electron chi connectivity index (χ0n) is 22.8. The molecule has 10 N–H and O–H groups in total. The summed E-state index contributed by atoms with van der Waals surface area (Å²) in [4.78, 5) is 65.3. The Bertz CT molecular complexity index is 1180. The molecule has 5 unspecified atom stereocenters. The van der Waals surface area contributed by atoms with Gasteiger partial charge in [0.05, 0.1) is 12.5 Å². The monoisotopic (exact) mass is 560 g/mol. The Balaban J connectivity index is 2.13. The second-order valence-electron chi connectivity index (χ2n) is 9.88. The number of nitrogens with two attached hydrogens (primary N) is 2. The fourth-order valence-corrected chi connectivity index (χ4v) is 4.26. The largest absolute Gasteiger partial charge is 0.481 e. The van der Waals surface area contributed by atoms with Crippen LogP contribution >= 0.6 is 0 Å². The van der Waals surface area contributed by atoms with Gasteiger partial charge in [-0.1, -0.05) is 38.5 Å². The number of carbonyl (C=O) groups is 5. The molecule has 13 heteroatoms. The quantitative estimate of drug-likeness (QED) is 0.124. The highest BCUT2D eigenvalue weighted by Crippen LogP contribution is 2.19. The zero-order valence-corrected chi connectivity index (χ0v) is 22.8. The zero-order chi connectivity index (χ0) is 29.8. The number of hydrogen-bond donors (Lipinski definition) is 8. The van der Waals surface area contributed by atoms with Gasteiger partial charge in [-0.2, -0.15) is 0 Å². The van der Waals surface area contributed by atoms with E-state index in [4.69, 9.17) is 11.5 Å². The molecule has 40 heavy (non-hydrogen) atoms. The number of amides is 3. The standard InChI is InChI=1S/C27H40N6O7/c1-3-15(2)23(26(38)31-20(27(39)40)10-6-7-11-28)33-25(37)21(13-22(34)35)32-24(36)18(29)12-16-14-30-19-9-5-4-8-17(16)19/h4-5,8-9,14-15,18,20-21,23,30H,3,6-7,10-13,28-29H2,1-2H3,(H,31,38)(H,32,36)(H,33,37)(H,34,35)(H,39,40). The molecule has 0 spiro atoms. The molecule has 0 saturated carbocycles. The van der Waals surface area contributed by atoms with E-state index in [0.717, 1.165) is 16.5 Å².